The molecule has 0 unspecified atom stereocenters. The lowest BCUT2D eigenvalue weighted by Gasteiger charge is -2.08. The number of ether oxygens (including phenoxy) is 1. The van der Waals surface area contributed by atoms with E-state index in [2.05, 4.69) is 10.4 Å². The highest BCUT2D eigenvalue weighted by Gasteiger charge is 2.11. The molecule has 0 aliphatic carbocycles. The van der Waals surface area contributed by atoms with E-state index in [9.17, 15) is 4.79 Å². The van der Waals surface area contributed by atoms with Crippen LogP contribution in [0.15, 0.2) is 24.3 Å². The van der Waals surface area contributed by atoms with Crippen molar-refractivity contribution in [3.8, 4) is 5.88 Å². The number of hydrogen-bond acceptors (Lipinski definition) is 5. The number of methoxy groups -OCH3 is 1. The fraction of sp³-hybridized carbons (Fsp3) is 0.167. The highest BCUT2D eigenvalue weighted by Crippen LogP contribution is 2.24. The molecule has 0 saturated carbocycles. The standard InChI is InChI=1S/C12H15N5O2/c1-17-11(19-2)6-10(16-17)15-9-4-3-7(13)5-8(9)12(14)18/h3-6H,13H2,1-2H3,(H2,14,18)(H,15,16). The van der Waals surface area contributed by atoms with Crippen LogP contribution in [0.5, 0.6) is 5.88 Å². The highest BCUT2D eigenvalue weighted by molar-refractivity contribution is 6.00. The zero-order chi connectivity index (χ0) is 14.0. The van der Waals surface area contributed by atoms with Gasteiger partial charge in [0.15, 0.2) is 5.82 Å². The topological polar surface area (TPSA) is 108 Å². The minimum atomic E-state index is -0.558. The first-order valence-electron chi connectivity index (χ1n) is 5.55. The fourth-order valence-electron chi connectivity index (χ4n) is 1.71. The minimum Gasteiger partial charge on any atom is -0.481 e. The van der Waals surface area contributed by atoms with Gasteiger partial charge in [0.2, 0.25) is 5.88 Å². The maximum absolute atomic E-state index is 11.4. The van der Waals surface area contributed by atoms with Gasteiger partial charge in [0.05, 0.1) is 18.4 Å². The average molecular weight is 261 g/mol. The van der Waals surface area contributed by atoms with Crippen molar-refractivity contribution in [2.75, 3.05) is 18.2 Å². The number of hydrogen-bond donors (Lipinski definition) is 3. The van der Waals surface area contributed by atoms with E-state index in [-0.39, 0.29) is 0 Å². The second-order valence-corrected chi connectivity index (χ2v) is 3.99. The van der Waals surface area contributed by atoms with E-state index in [0.29, 0.717) is 28.6 Å². The third kappa shape index (κ3) is 2.59. The molecule has 1 amide bonds. The van der Waals surface area contributed by atoms with Gasteiger partial charge in [0.1, 0.15) is 0 Å². The van der Waals surface area contributed by atoms with Crippen LogP contribution in [0.4, 0.5) is 17.2 Å². The molecular weight excluding hydrogens is 246 g/mol. The average Bonchev–Trinajstić information content (AvgIpc) is 2.71. The van der Waals surface area contributed by atoms with Gasteiger partial charge >= 0.3 is 0 Å². The molecule has 0 radical (unpaired) electrons. The van der Waals surface area contributed by atoms with Crippen molar-refractivity contribution in [2.24, 2.45) is 12.8 Å². The summed E-state index contributed by atoms with van der Waals surface area (Å²) < 4.78 is 6.68. The molecule has 0 fully saturated rings. The molecule has 1 aromatic carbocycles. The third-order valence-electron chi connectivity index (χ3n) is 2.62. The molecule has 0 atom stereocenters. The Morgan fingerprint density at radius 2 is 2.16 bits per heavy atom. The zero-order valence-electron chi connectivity index (χ0n) is 10.7. The molecule has 5 N–H and O–H groups in total. The van der Waals surface area contributed by atoms with E-state index in [4.69, 9.17) is 16.2 Å². The summed E-state index contributed by atoms with van der Waals surface area (Å²) in [6.07, 6.45) is 0. The molecular formula is C12H15N5O2. The normalized spacial score (nSPS) is 10.2. The van der Waals surface area contributed by atoms with Crippen molar-refractivity contribution in [2.45, 2.75) is 0 Å². The lowest BCUT2D eigenvalue weighted by molar-refractivity contribution is 0.100. The Balaban J connectivity index is 2.34. The number of carbonyl (C=O) groups excluding carboxylic acids is 1. The predicted octanol–water partition coefficient (Wildman–Crippen LogP) is 0.853. The van der Waals surface area contributed by atoms with E-state index >= 15 is 0 Å². The number of nitrogens with zero attached hydrogens (tertiary/aromatic N) is 2. The Morgan fingerprint density at radius 1 is 1.42 bits per heavy atom. The van der Waals surface area contributed by atoms with E-state index < -0.39 is 5.91 Å². The van der Waals surface area contributed by atoms with Crippen LogP contribution in [0.1, 0.15) is 10.4 Å². The summed E-state index contributed by atoms with van der Waals surface area (Å²) in [5, 5.41) is 7.21. The van der Waals surface area contributed by atoms with Crippen molar-refractivity contribution in [1.82, 2.24) is 9.78 Å². The lowest BCUT2D eigenvalue weighted by atomic mass is 10.1. The van der Waals surface area contributed by atoms with Crippen LogP contribution in [0.2, 0.25) is 0 Å². The zero-order valence-corrected chi connectivity index (χ0v) is 10.7. The second-order valence-electron chi connectivity index (χ2n) is 3.99. The first-order valence-corrected chi connectivity index (χ1v) is 5.55. The van der Waals surface area contributed by atoms with Gasteiger partial charge in [-0.15, -0.1) is 0 Å². The van der Waals surface area contributed by atoms with Gasteiger partial charge < -0.3 is 21.5 Å². The van der Waals surface area contributed by atoms with Gasteiger partial charge in [-0.3, -0.25) is 4.79 Å². The van der Waals surface area contributed by atoms with Crippen molar-refractivity contribution >= 4 is 23.1 Å². The molecule has 0 aliphatic heterocycles. The number of nitrogen functional groups attached to an aromatic ring is 1. The van der Waals surface area contributed by atoms with Crippen LogP contribution in [-0.2, 0) is 7.05 Å². The molecule has 7 nitrogen and oxygen atoms in total. The molecule has 1 heterocycles. The van der Waals surface area contributed by atoms with Crippen LogP contribution < -0.4 is 21.5 Å². The monoisotopic (exact) mass is 261 g/mol. The summed E-state index contributed by atoms with van der Waals surface area (Å²) in [4.78, 5) is 11.4. The molecule has 0 aliphatic rings. The largest absolute Gasteiger partial charge is 0.481 e. The molecule has 2 aromatic rings. The molecule has 19 heavy (non-hydrogen) atoms. The maximum Gasteiger partial charge on any atom is 0.250 e. The smallest absolute Gasteiger partial charge is 0.250 e. The lowest BCUT2D eigenvalue weighted by Crippen LogP contribution is -2.13. The number of rotatable bonds is 4. The van der Waals surface area contributed by atoms with Gasteiger partial charge in [-0.2, -0.15) is 5.10 Å². The summed E-state index contributed by atoms with van der Waals surface area (Å²) in [7, 11) is 3.31. The van der Waals surface area contributed by atoms with Crippen LogP contribution in [-0.4, -0.2) is 22.8 Å². The first kappa shape index (κ1) is 12.7. The Labute approximate surface area is 110 Å². The fourth-order valence-corrected chi connectivity index (χ4v) is 1.71. The number of primary amides is 1. The number of amides is 1. The predicted molar refractivity (Wildman–Crippen MR) is 72.4 cm³/mol. The number of anilines is 3. The number of nitrogens with two attached hydrogens (primary N) is 2. The summed E-state index contributed by atoms with van der Waals surface area (Å²) in [6.45, 7) is 0. The van der Waals surface area contributed by atoms with Crippen molar-refractivity contribution < 1.29 is 9.53 Å². The van der Waals surface area contributed by atoms with Gasteiger partial charge in [-0.1, -0.05) is 0 Å². The number of aryl methyl sites for hydroxylation is 1. The molecule has 7 heteroatoms. The molecule has 0 saturated heterocycles. The number of benzene rings is 1. The molecule has 2 rings (SSSR count). The van der Waals surface area contributed by atoms with Gasteiger partial charge in [-0.05, 0) is 18.2 Å². The first-order chi connectivity index (χ1) is 9.01. The van der Waals surface area contributed by atoms with Crippen LogP contribution in [0.25, 0.3) is 0 Å². The Kier molecular flexibility index (Phi) is 3.28. The van der Waals surface area contributed by atoms with Crippen molar-refractivity contribution in [3.05, 3.63) is 29.8 Å². The van der Waals surface area contributed by atoms with Crippen LogP contribution >= 0.6 is 0 Å². The Morgan fingerprint density at radius 3 is 2.74 bits per heavy atom. The summed E-state index contributed by atoms with van der Waals surface area (Å²) in [6, 6.07) is 6.58. The number of nitrogens with one attached hydrogen (secondary N) is 1. The highest BCUT2D eigenvalue weighted by atomic mass is 16.5. The van der Waals surface area contributed by atoms with Crippen LogP contribution in [0.3, 0.4) is 0 Å². The van der Waals surface area contributed by atoms with Crippen molar-refractivity contribution in [3.63, 3.8) is 0 Å². The molecule has 0 spiro atoms. The van der Waals surface area contributed by atoms with E-state index in [0.717, 1.165) is 0 Å². The van der Waals surface area contributed by atoms with E-state index in [1.807, 2.05) is 0 Å². The molecule has 1 aromatic heterocycles. The number of carbonyl (C=O) groups is 1. The Hall–Kier alpha value is -2.70. The summed E-state index contributed by atoms with van der Waals surface area (Å²) in [5.74, 6) is 0.586. The van der Waals surface area contributed by atoms with Gasteiger partial charge in [0, 0.05) is 18.8 Å². The SMILES string of the molecule is COc1cc(Nc2ccc(N)cc2C(N)=O)nn1C. The van der Waals surface area contributed by atoms with Gasteiger partial charge in [0.25, 0.3) is 5.91 Å². The second kappa shape index (κ2) is 4.89. The summed E-state index contributed by atoms with van der Waals surface area (Å²) in [5.41, 5.74) is 12.3. The van der Waals surface area contributed by atoms with Crippen molar-refractivity contribution in [1.29, 1.82) is 0 Å². The van der Waals surface area contributed by atoms with Crippen LogP contribution in [0, 0.1) is 0 Å². The summed E-state index contributed by atoms with van der Waals surface area (Å²) >= 11 is 0. The third-order valence-corrected chi connectivity index (χ3v) is 2.62. The Bertz CT molecular complexity index is 621. The maximum atomic E-state index is 11.4. The quantitative estimate of drug-likeness (QED) is 0.707. The molecule has 100 valence electrons. The van der Waals surface area contributed by atoms with E-state index in [1.54, 1.807) is 37.0 Å². The van der Waals surface area contributed by atoms with Gasteiger partial charge in [-0.25, -0.2) is 4.68 Å². The number of aromatic nitrogens is 2. The molecule has 0 bridgehead atoms. The minimum absolute atomic E-state index is 0.310. The van der Waals surface area contributed by atoms with E-state index in [1.165, 1.54) is 6.07 Å².